The van der Waals surface area contributed by atoms with Crippen LogP contribution in [0, 0.1) is 5.92 Å². The van der Waals surface area contributed by atoms with E-state index >= 15 is 0 Å². The molecule has 1 unspecified atom stereocenters. The maximum Gasteiger partial charge on any atom is 0.308 e. The van der Waals surface area contributed by atoms with Crippen molar-refractivity contribution in [2.45, 2.75) is 90.6 Å². The van der Waals surface area contributed by atoms with Gasteiger partial charge < -0.3 is 20.7 Å². The zero-order chi connectivity index (χ0) is 25.2. The summed E-state index contributed by atoms with van der Waals surface area (Å²) in [5, 5.41) is 19.1. The molecule has 1 fully saturated rings. The van der Waals surface area contributed by atoms with Crippen molar-refractivity contribution in [2.24, 2.45) is 16.6 Å². The Hall–Kier alpha value is -2.98. The number of fused-ring (bicyclic) bond motifs is 1. The quantitative estimate of drug-likeness (QED) is 0.349. The minimum Gasteiger partial charge on any atom is -0.427 e. The van der Waals surface area contributed by atoms with Gasteiger partial charge in [-0.1, -0.05) is 26.0 Å². The van der Waals surface area contributed by atoms with E-state index in [1.807, 2.05) is 18.2 Å². The Labute approximate surface area is 207 Å². The maximum atomic E-state index is 11.4. The van der Waals surface area contributed by atoms with Gasteiger partial charge >= 0.3 is 5.97 Å². The number of anilines is 1. The summed E-state index contributed by atoms with van der Waals surface area (Å²) >= 11 is 0. The van der Waals surface area contributed by atoms with Crippen LogP contribution in [0.1, 0.15) is 71.6 Å². The number of carbonyl (C=O) groups excluding carboxylic acids is 1. The largest absolute Gasteiger partial charge is 0.427 e. The first-order valence-electron chi connectivity index (χ1n) is 12.5. The Bertz CT molecular complexity index is 1060. The number of aliphatic imine (C=N–C) groups is 1. The predicted octanol–water partition coefficient (Wildman–Crippen LogP) is 3.09. The molecule has 1 aromatic heterocycles. The fourth-order valence-corrected chi connectivity index (χ4v) is 5.23. The van der Waals surface area contributed by atoms with Gasteiger partial charge in [-0.2, -0.15) is 10.3 Å². The molecule has 2 aliphatic rings. The van der Waals surface area contributed by atoms with Crippen LogP contribution in [0.3, 0.4) is 0 Å². The number of aromatic amines is 1. The highest BCUT2D eigenvalue weighted by molar-refractivity contribution is 5.96. The molecule has 10 heteroatoms. The van der Waals surface area contributed by atoms with Crippen LogP contribution in [0.4, 0.5) is 5.82 Å². The molecule has 0 radical (unpaired) electrons. The third-order valence-electron chi connectivity index (χ3n) is 6.87. The number of carbonyl (C=O) groups is 1. The van der Waals surface area contributed by atoms with Gasteiger partial charge in [0.05, 0.1) is 6.04 Å². The van der Waals surface area contributed by atoms with Crippen LogP contribution in [0.25, 0.3) is 0 Å². The summed E-state index contributed by atoms with van der Waals surface area (Å²) in [4.78, 5) is 18.9. The number of H-pyrrole nitrogens is 1. The molecule has 1 aromatic carbocycles. The molecule has 1 aliphatic carbocycles. The van der Waals surface area contributed by atoms with E-state index in [1.165, 1.54) is 6.92 Å². The third kappa shape index (κ3) is 5.18. The normalized spacial score (nSPS) is 25.6. The minimum absolute atomic E-state index is 0.123. The number of nitrogens with one attached hydrogen (secondary N) is 3. The summed E-state index contributed by atoms with van der Waals surface area (Å²) < 4.78 is 5.29. The molecule has 10 nitrogen and oxygen atoms in total. The number of esters is 1. The van der Waals surface area contributed by atoms with Gasteiger partial charge in [-0.25, -0.2) is 4.99 Å². The van der Waals surface area contributed by atoms with Crippen molar-refractivity contribution in [2.75, 3.05) is 5.32 Å². The van der Waals surface area contributed by atoms with E-state index in [9.17, 15) is 4.79 Å². The number of benzene rings is 1. The van der Waals surface area contributed by atoms with Crippen molar-refractivity contribution in [1.29, 1.82) is 0 Å². The fraction of sp³-hybridized carbons (Fsp3) is 0.600. The number of aromatic nitrogens is 3. The lowest BCUT2D eigenvalue weighted by atomic mass is 9.87. The summed E-state index contributed by atoms with van der Waals surface area (Å²) in [6.45, 7) is 10.6. The topological polar surface area (TPSA) is 134 Å². The lowest BCUT2D eigenvalue weighted by Crippen LogP contribution is -2.67. The number of nitrogens with zero attached hydrogens (tertiary/aromatic N) is 4. The first kappa shape index (κ1) is 25.1. The summed E-state index contributed by atoms with van der Waals surface area (Å²) in [7, 11) is 0. The zero-order valence-corrected chi connectivity index (χ0v) is 21.3. The lowest BCUT2D eigenvalue weighted by Gasteiger charge is -2.52. The molecular formula is C25H38N8O2. The van der Waals surface area contributed by atoms with Crippen molar-refractivity contribution in [1.82, 2.24) is 25.6 Å². The third-order valence-corrected chi connectivity index (χ3v) is 6.87. The molecule has 2 heterocycles. The zero-order valence-electron chi connectivity index (χ0n) is 21.3. The minimum atomic E-state index is -0.664. The number of guanidine groups is 1. The average Bonchev–Trinajstić information content (AvgIpc) is 3.27. The van der Waals surface area contributed by atoms with Crippen molar-refractivity contribution < 1.29 is 9.53 Å². The molecule has 0 amide bonds. The van der Waals surface area contributed by atoms with Crippen LogP contribution in [0.15, 0.2) is 29.3 Å². The highest BCUT2D eigenvalue weighted by Crippen LogP contribution is 2.41. The molecule has 0 spiro atoms. The Kier molecular flexibility index (Phi) is 7.42. The Morgan fingerprint density at radius 3 is 2.66 bits per heavy atom. The van der Waals surface area contributed by atoms with Gasteiger partial charge in [0.1, 0.15) is 17.1 Å². The van der Waals surface area contributed by atoms with Gasteiger partial charge in [-0.05, 0) is 63.1 Å². The van der Waals surface area contributed by atoms with Gasteiger partial charge in [0.25, 0.3) is 0 Å². The monoisotopic (exact) mass is 482 g/mol. The predicted molar refractivity (Wildman–Crippen MR) is 136 cm³/mol. The van der Waals surface area contributed by atoms with Gasteiger partial charge in [0.2, 0.25) is 5.96 Å². The fourth-order valence-electron chi connectivity index (χ4n) is 5.23. The lowest BCUT2D eigenvalue weighted by molar-refractivity contribution is -0.131. The van der Waals surface area contributed by atoms with Crippen molar-refractivity contribution in [3.05, 3.63) is 35.5 Å². The van der Waals surface area contributed by atoms with E-state index in [0.29, 0.717) is 18.1 Å². The molecule has 0 bridgehead atoms. The second-order valence-electron chi connectivity index (χ2n) is 10.1. The smallest absolute Gasteiger partial charge is 0.308 e. The van der Waals surface area contributed by atoms with Gasteiger partial charge in [-0.3, -0.25) is 10.1 Å². The van der Waals surface area contributed by atoms with Crippen molar-refractivity contribution >= 4 is 17.7 Å². The molecule has 5 N–H and O–H groups in total. The van der Waals surface area contributed by atoms with Crippen LogP contribution in [-0.4, -0.2) is 50.4 Å². The molecule has 1 atom stereocenters. The molecular weight excluding hydrogens is 444 g/mol. The first-order valence-corrected chi connectivity index (χ1v) is 12.5. The van der Waals surface area contributed by atoms with Crippen LogP contribution < -0.4 is 21.1 Å². The number of nitrogens with two attached hydrogens (primary N) is 1. The summed E-state index contributed by atoms with van der Waals surface area (Å²) in [6, 6.07) is 8.18. The molecule has 1 saturated carbocycles. The van der Waals surface area contributed by atoms with Crippen LogP contribution in [-0.2, 0) is 17.0 Å². The summed E-state index contributed by atoms with van der Waals surface area (Å²) in [6.07, 6.45) is 3.94. The first-order chi connectivity index (χ1) is 16.7. The maximum absolute atomic E-state index is 11.4. The number of ether oxygens (including phenoxy) is 1. The average molecular weight is 483 g/mol. The van der Waals surface area contributed by atoms with E-state index in [2.05, 4.69) is 58.6 Å². The number of rotatable bonds is 7. The van der Waals surface area contributed by atoms with Gasteiger partial charge in [-0.15, -0.1) is 5.10 Å². The van der Waals surface area contributed by atoms with E-state index in [0.717, 1.165) is 42.9 Å². The van der Waals surface area contributed by atoms with Crippen molar-refractivity contribution in [3.63, 3.8) is 0 Å². The van der Waals surface area contributed by atoms with Gasteiger partial charge in [0, 0.05) is 25.6 Å². The molecule has 190 valence electrons. The second kappa shape index (κ2) is 10.3. The van der Waals surface area contributed by atoms with Crippen LogP contribution in [0.5, 0.6) is 5.75 Å². The second-order valence-corrected chi connectivity index (χ2v) is 10.1. The molecule has 1 aliphatic heterocycles. The van der Waals surface area contributed by atoms with Gasteiger partial charge in [0.15, 0.2) is 5.82 Å². The van der Waals surface area contributed by atoms with E-state index < -0.39 is 5.66 Å². The van der Waals surface area contributed by atoms with Crippen LogP contribution >= 0.6 is 0 Å². The standard InChI is InChI=1S/C25H38N8O2/c1-15(2)25(27-14-18-7-6-8-21(13-18)35-17(5)34)22-23(31-32-30-22)29-24(33(25)16(3)4)28-20-11-9-19(26)10-12-20/h6-8,13,15-16,19-20,27H,9-12,14,26H2,1-5H3,(H2,28,29,30,31,32). The van der Waals surface area contributed by atoms with E-state index in [1.54, 1.807) is 6.07 Å². The number of hydrogen-bond acceptors (Lipinski definition) is 7. The van der Waals surface area contributed by atoms with E-state index in [-0.39, 0.29) is 30.0 Å². The summed E-state index contributed by atoms with van der Waals surface area (Å²) in [5.74, 6) is 1.80. The molecule has 4 rings (SSSR count). The Morgan fingerprint density at radius 2 is 2.00 bits per heavy atom. The van der Waals surface area contributed by atoms with Crippen LogP contribution in [0.2, 0.25) is 0 Å². The Morgan fingerprint density at radius 1 is 1.26 bits per heavy atom. The molecule has 35 heavy (non-hydrogen) atoms. The molecule has 2 aromatic rings. The summed E-state index contributed by atoms with van der Waals surface area (Å²) in [5.41, 5.74) is 7.28. The highest BCUT2D eigenvalue weighted by atomic mass is 16.5. The molecule has 0 saturated heterocycles. The van der Waals surface area contributed by atoms with Crippen molar-refractivity contribution in [3.8, 4) is 5.75 Å². The van der Waals surface area contributed by atoms with E-state index in [4.69, 9.17) is 15.5 Å². The number of hydrogen-bond donors (Lipinski definition) is 4. The Balaban J connectivity index is 1.71. The SMILES string of the molecule is CC(=O)Oc1cccc(CNC2(C(C)C)c3n[nH]nc3NC(=NC3CCC(N)CC3)N2C(C)C)c1. The highest BCUT2D eigenvalue weighted by Gasteiger charge is 2.51.